The molecule has 2 aromatic carbocycles. The van der Waals surface area contributed by atoms with Gasteiger partial charge in [0, 0.05) is 5.02 Å². The highest BCUT2D eigenvalue weighted by molar-refractivity contribution is 6.30. The summed E-state index contributed by atoms with van der Waals surface area (Å²) in [5.41, 5.74) is 3.29. The molecule has 0 atom stereocenters. The summed E-state index contributed by atoms with van der Waals surface area (Å²) < 4.78 is 5.32. The maximum absolute atomic E-state index is 11.8. The number of rotatable bonds is 4. The molecular weight excluding hydrogens is 296 g/mol. The fourth-order valence-electron chi connectivity index (χ4n) is 2.08. The maximum atomic E-state index is 11.8. The Labute approximate surface area is 137 Å². The summed E-state index contributed by atoms with van der Waals surface area (Å²) in [7, 11) is 0. The summed E-state index contributed by atoms with van der Waals surface area (Å²) in [6.07, 6.45) is 0.261. The van der Waals surface area contributed by atoms with E-state index in [4.69, 9.17) is 16.3 Å². The molecule has 0 fully saturated rings. The molecule has 116 valence electrons. The molecule has 0 aliphatic heterocycles. The van der Waals surface area contributed by atoms with Crippen LogP contribution in [-0.4, -0.2) is 5.97 Å². The molecule has 0 saturated heterocycles. The van der Waals surface area contributed by atoms with Crippen LogP contribution in [0.1, 0.15) is 37.5 Å². The first kappa shape index (κ1) is 16.6. The fourth-order valence-corrected chi connectivity index (χ4v) is 2.21. The fraction of sp³-hybridized carbons (Fsp3) is 0.316. The van der Waals surface area contributed by atoms with Gasteiger partial charge in [0.05, 0.1) is 6.42 Å². The van der Waals surface area contributed by atoms with Gasteiger partial charge in [0.1, 0.15) is 6.61 Å². The van der Waals surface area contributed by atoms with Gasteiger partial charge < -0.3 is 4.74 Å². The quantitative estimate of drug-likeness (QED) is 0.748. The highest BCUT2D eigenvalue weighted by Crippen LogP contribution is 2.22. The van der Waals surface area contributed by atoms with Gasteiger partial charge in [-0.3, -0.25) is 4.79 Å². The van der Waals surface area contributed by atoms with E-state index in [-0.39, 0.29) is 17.8 Å². The van der Waals surface area contributed by atoms with Crippen molar-refractivity contribution < 1.29 is 9.53 Å². The zero-order valence-electron chi connectivity index (χ0n) is 13.2. The first-order valence-corrected chi connectivity index (χ1v) is 7.72. The minimum Gasteiger partial charge on any atom is -0.461 e. The number of carbonyl (C=O) groups excluding carboxylic acids is 1. The lowest BCUT2D eigenvalue weighted by Gasteiger charge is -2.19. The van der Waals surface area contributed by atoms with Gasteiger partial charge in [-0.1, -0.05) is 68.8 Å². The van der Waals surface area contributed by atoms with Crippen LogP contribution in [0.4, 0.5) is 0 Å². The molecule has 0 bridgehead atoms. The van der Waals surface area contributed by atoms with Crippen molar-refractivity contribution in [1.29, 1.82) is 0 Å². The normalized spacial score (nSPS) is 11.3. The third kappa shape index (κ3) is 4.88. The van der Waals surface area contributed by atoms with Crippen LogP contribution in [-0.2, 0) is 28.0 Å². The molecule has 0 unspecified atom stereocenters. The van der Waals surface area contributed by atoms with E-state index in [0.29, 0.717) is 11.6 Å². The van der Waals surface area contributed by atoms with Crippen molar-refractivity contribution in [2.24, 2.45) is 0 Å². The van der Waals surface area contributed by atoms with Crippen LogP contribution < -0.4 is 0 Å². The molecule has 22 heavy (non-hydrogen) atoms. The molecule has 0 spiro atoms. The standard InChI is InChI=1S/C19H21ClO2/c1-19(2,3)16-8-4-15(5-9-16)13-22-18(21)12-14-6-10-17(20)11-7-14/h4-11H,12-13H2,1-3H3. The molecule has 0 aliphatic carbocycles. The van der Waals surface area contributed by atoms with Gasteiger partial charge in [-0.05, 0) is 34.2 Å². The highest BCUT2D eigenvalue weighted by atomic mass is 35.5. The minimum absolute atomic E-state index is 0.129. The smallest absolute Gasteiger partial charge is 0.310 e. The molecule has 0 aromatic heterocycles. The lowest BCUT2D eigenvalue weighted by molar-refractivity contribution is -0.144. The average molecular weight is 317 g/mol. The van der Waals surface area contributed by atoms with Gasteiger partial charge in [-0.15, -0.1) is 0 Å². The summed E-state index contributed by atoms with van der Waals surface area (Å²) in [4.78, 5) is 11.8. The van der Waals surface area contributed by atoms with Crippen LogP contribution in [0.2, 0.25) is 5.02 Å². The average Bonchev–Trinajstić information content (AvgIpc) is 2.47. The molecule has 0 amide bonds. The SMILES string of the molecule is CC(C)(C)c1ccc(COC(=O)Cc2ccc(Cl)cc2)cc1. The second-order valence-electron chi connectivity index (χ2n) is 6.41. The zero-order valence-corrected chi connectivity index (χ0v) is 14.0. The summed E-state index contributed by atoms with van der Waals surface area (Å²) >= 11 is 5.82. The molecule has 3 heteroatoms. The molecule has 2 aromatic rings. The second-order valence-corrected chi connectivity index (χ2v) is 6.85. The van der Waals surface area contributed by atoms with E-state index in [0.717, 1.165) is 11.1 Å². The lowest BCUT2D eigenvalue weighted by Crippen LogP contribution is -2.11. The number of hydrogen-bond donors (Lipinski definition) is 0. The topological polar surface area (TPSA) is 26.3 Å². The van der Waals surface area contributed by atoms with Crippen LogP contribution in [0, 0.1) is 0 Å². The predicted octanol–water partition coefficient (Wildman–Crippen LogP) is 4.92. The second kappa shape index (κ2) is 6.97. The summed E-state index contributed by atoms with van der Waals surface area (Å²) in [6, 6.07) is 15.4. The van der Waals surface area contributed by atoms with Gasteiger partial charge >= 0.3 is 5.97 Å². The van der Waals surface area contributed by atoms with Crippen LogP contribution in [0.25, 0.3) is 0 Å². The van der Waals surface area contributed by atoms with Crippen molar-refractivity contribution in [1.82, 2.24) is 0 Å². The Morgan fingerprint density at radius 1 is 0.955 bits per heavy atom. The third-order valence-corrected chi connectivity index (χ3v) is 3.73. The number of hydrogen-bond acceptors (Lipinski definition) is 2. The Bertz CT molecular complexity index is 622. The zero-order chi connectivity index (χ0) is 16.2. The summed E-state index contributed by atoms with van der Waals surface area (Å²) in [5.74, 6) is -0.234. The van der Waals surface area contributed by atoms with Crippen LogP contribution in [0.3, 0.4) is 0 Å². The number of ether oxygens (including phenoxy) is 1. The molecule has 2 nitrogen and oxygen atoms in total. The maximum Gasteiger partial charge on any atom is 0.310 e. The van der Waals surface area contributed by atoms with Crippen molar-refractivity contribution in [3.05, 3.63) is 70.2 Å². The predicted molar refractivity (Wildman–Crippen MR) is 90.1 cm³/mol. The molecule has 0 heterocycles. The number of esters is 1. The van der Waals surface area contributed by atoms with E-state index < -0.39 is 0 Å². The van der Waals surface area contributed by atoms with Crippen molar-refractivity contribution in [3.8, 4) is 0 Å². The Hall–Kier alpha value is -1.80. The van der Waals surface area contributed by atoms with Crippen LogP contribution in [0.5, 0.6) is 0 Å². The van der Waals surface area contributed by atoms with Gasteiger partial charge in [-0.25, -0.2) is 0 Å². The monoisotopic (exact) mass is 316 g/mol. The van der Waals surface area contributed by atoms with E-state index in [1.54, 1.807) is 12.1 Å². The van der Waals surface area contributed by atoms with Crippen molar-refractivity contribution >= 4 is 17.6 Å². The molecule has 2 rings (SSSR count). The minimum atomic E-state index is -0.234. The number of carbonyl (C=O) groups is 1. The van der Waals surface area contributed by atoms with E-state index in [2.05, 4.69) is 32.9 Å². The van der Waals surface area contributed by atoms with Crippen molar-refractivity contribution in [2.45, 2.75) is 39.2 Å². The van der Waals surface area contributed by atoms with Crippen LogP contribution in [0.15, 0.2) is 48.5 Å². The molecule has 0 radical (unpaired) electrons. The first-order chi connectivity index (χ1) is 10.3. The summed E-state index contributed by atoms with van der Waals surface area (Å²) in [6.45, 7) is 6.83. The van der Waals surface area contributed by atoms with Crippen LogP contribution >= 0.6 is 11.6 Å². The van der Waals surface area contributed by atoms with Gasteiger partial charge in [0.25, 0.3) is 0 Å². The molecule has 0 aliphatic rings. The Balaban J connectivity index is 1.87. The Morgan fingerprint density at radius 3 is 2.05 bits per heavy atom. The van der Waals surface area contributed by atoms with Gasteiger partial charge in [-0.2, -0.15) is 0 Å². The van der Waals surface area contributed by atoms with E-state index in [1.165, 1.54) is 5.56 Å². The molecular formula is C19H21ClO2. The third-order valence-electron chi connectivity index (χ3n) is 3.48. The Morgan fingerprint density at radius 2 is 1.50 bits per heavy atom. The lowest BCUT2D eigenvalue weighted by atomic mass is 9.87. The van der Waals surface area contributed by atoms with Gasteiger partial charge in [0.15, 0.2) is 0 Å². The van der Waals surface area contributed by atoms with Crippen molar-refractivity contribution in [3.63, 3.8) is 0 Å². The number of benzene rings is 2. The molecule has 0 saturated carbocycles. The van der Waals surface area contributed by atoms with E-state index in [9.17, 15) is 4.79 Å². The van der Waals surface area contributed by atoms with Gasteiger partial charge in [0.2, 0.25) is 0 Å². The highest BCUT2D eigenvalue weighted by Gasteiger charge is 2.13. The van der Waals surface area contributed by atoms with Crippen molar-refractivity contribution in [2.75, 3.05) is 0 Å². The van der Waals surface area contributed by atoms with E-state index >= 15 is 0 Å². The number of halogens is 1. The molecule has 0 N–H and O–H groups in total. The van der Waals surface area contributed by atoms with E-state index in [1.807, 2.05) is 24.3 Å². The largest absolute Gasteiger partial charge is 0.461 e. The summed E-state index contributed by atoms with van der Waals surface area (Å²) in [5, 5.41) is 0.663. The first-order valence-electron chi connectivity index (χ1n) is 7.34. The Kier molecular flexibility index (Phi) is 5.25.